The lowest BCUT2D eigenvalue weighted by atomic mass is 9.98. The van der Waals surface area contributed by atoms with Gasteiger partial charge < -0.3 is 13.9 Å². The van der Waals surface area contributed by atoms with Crippen LogP contribution in [0, 0.1) is 0 Å². The Bertz CT molecular complexity index is 3520. The SMILES string of the molecule is c1cc(-c2ccc(N(c3ccc4oc5c6ccccc6ccc5c4c3)c3ccccc3-c3ccc4ccccc4c3)cc2)cc(-n2c3ccccc3c3ccccc32)c1. The molecule has 3 nitrogen and oxygen atoms in total. The number of rotatable bonds is 6. The topological polar surface area (TPSA) is 21.3 Å². The molecule has 2 aromatic heterocycles. The first-order chi connectivity index (χ1) is 29.2. The summed E-state index contributed by atoms with van der Waals surface area (Å²) >= 11 is 0. The van der Waals surface area contributed by atoms with Gasteiger partial charge in [0.2, 0.25) is 0 Å². The Hall–Kier alpha value is -7.88. The van der Waals surface area contributed by atoms with Gasteiger partial charge in [-0.25, -0.2) is 0 Å². The van der Waals surface area contributed by atoms with Gasteiger partial charge in [0.05, 0.1) is 16.7 Å². The molecule has 0 saturated carbocycles. The van der Waals surface area contributed by atoms with Crippen molar-refractivity contribution in [1.29, 1.82) is 0 Å². The summed E-state index contributed by atoms with van der Waals surface area (Å²) in [4.78, 5) is 2.39. The van der Waals surface area contributed by atoms with Crippen molar-refractivity contribution in [2.45, 2.75) is 0 Å². The third kappa shape index (κ3) is 5.44. The van der Waals surface area contributed by atoms with Gasteiger partial charge in [-0.1, -0.05) is 146 Å². The summed E-state index contributed by atoms with van der Waals surface area (Å²) in [6.45, 7) is 0. The number of hydrogen-bond donors (Lipinski definition) is 0. The monoisotopic (exact) mass is 752 g/mol. The molecule has 0 saturated heterocycles. The molecule has 2 heterocycles. The van der Waals surface area contributed by atoms with E-state index in [1.807, 2.05) is 0 Å². The predicted molar refractivity (Wildman–Crippen MR) is 249 cm³/mol. The van der Waals surface area contributed by atoms with Gasteiger partial charge >= 0.3 is 0 Å². The van der Waals surface area contributed by atoms with Gasteiger partial charge in [0, 0.05) is 49.6 Å². The second-order valence-corrected chi connectivity index (χ2v) is 15.3. The maximum atomic E-state index is 6.57. The van der Waals surface area contributed by atoms with Crippen LogP contribution in [0.1, 0.15) is 0 Å². The van der Waals surface area contributed by atoms with Crippen LogP contribution in [-0.2, 0) is 0 Å². The Labute approximate surface area is 341 Å². The molecule has 0 fully saturated rings. The van der Waals surface area contributed by atoms with Crippen molar-refractivity contribution in [3.8, 4) is 27.9 Å². The highest BCUT2D eigenvalue weighted by molar-refractivity contribution is 6.16. The van der Waals surface area contributed by atoms with Crippen LogP contribution in [-0.4, -0.2) is 4.57 Å². The highest BCUT2D eigenvalue weighted by atomic mass is 16.3. The summed E-state index contributed by atoms with van der Waals surface area (Å²) in [5.41, 5.74) is 13.2. The van der Waals surface area contributed by atoms with Crippen molar-refractivity contribution in [1.82, 2.24) is 4.57 Å². The minimum atomic E-state index is 0.876. The molecule has 0 aliphatic carbocycles. The number of furan rings is 1. The number of fused-ring (bicyclic) bond motifs is 9. The number of para-hydroxylation sites is 3. The molecule has 0 N–H and O–H groups in total. The van der Waals surface area contributed by atoms with Crippen LogP contribution in [0.5, 0.6) is 0 Å². The predicted octanol–water partition coefficient (Wildman–Crippen LogP) is 15.8. The molecule has 0 radical (unpaired) electrons. The molecule has 59 heavy (non-hydrogen) atoms. The minimum Gasteiger partial charge on any atom is -0.455 e. The standard InChI is InChI=1S/C56H36N2O/c1-2-14-40-34-42(25-24-37(40)12-1)46-17-5-8-21-52(46)57(45-31-33-55-51(36-45)50-32-28-39-13-3-4-18-47(39)56(50)59-55)43-29-26-38(27-30-43)41-15-11-16-44(35-41)58-53-22-9-6-19-48(53)49-20-7-10-23-54(49)58/h1-36H. The van der Waals surface area contributed by atoms with E-state index in [1.54, 1.807) is 0 Å². The molecule has 0 atom stereocenters. The lowest BCUT2D eigenvalue weighted by Gasteiger charge is -2.28. The Morgan fingerprint density at radius 3 is 1.81 bits per heavy atom. The van der Waals surface area contributed by atoms with E-state index in [9.17, 15) is 0 Å². The Morgan fingerprint density at radius 1 is 0.356 bits per heavy atom. The zero-order valence-corrected chi connectivity index (χ0v) is 32.1. The average Bonchev–Trinajstić information content (AvgIpc) is 3.85. The van der Waals surface area contributed by atoms with Gasteiger partial charge in [-0.2, -0.15) is 0 Å². The minimum absolute atomic E-state index is 0.876. The van der Waals surface area contributed by atoms with E-state index in [1.165, 1.54) is 43.5 Å². The van der Waals surface area contributed by atoms with E-state index in [-0.39, 0.29) is 0 Å². The summed E-state index contributed by atoms with van der Waals surface area (Å²) in [5.74, 6) is 0. The summed E-state index contributed by atoms with van der Waals surface area (Å²) < 4.78 is 8.96. The van der Waals surface area contributed by atoms with E-state index in [0.717, 1.165) is 66.8 Å². The van der Waals surface area contributed by atoms with Crippen molar-refractivity contribution in [2.75, 3.05) is 4.90 Å². The summed E-state index contributed by atoms with van der Waals surface area (Å²) in [5, 5.41) is 9.47. The molecule has 12 aromatic rings. The van der Waals surface area contributed by atoms with Crippen molar-refractivity contribution in [3.63, 3.8) is 0 Å². The van der Waals surface area contributed by atoms with Gasteiger partial charge in [-0.05, 0) is 106 Å². The van der Waals surface area contributed by atoms with Crippen LogP contribution in [0.2, 0.25) is 0 Å². The molecule has 10 aromatic carbocycles. The molecule has 0 aliphatic rings. The maximum absolute atomic E-state index is 6.57. The van der Waals surface area contributed by atoms with Crippen molar-refractivity contribution < 1.29 is 4.42 Å². The second-order valence-electron chi connectivity index (χ2n) is 15.3. The molecular weight excluding hydrogens is 717 g/mol. The fourth-order valence-electron chi connectivity index (χ4n) is 9.16. The third-order valence-electron chi connectivity index (χ3n) is 12.0. The number of benzene rings is 10. The molecule has 0 spiro atoms. The van der Waals surface area contributed by atoms with Crippen LogP contribution in [0.3, 0.4) is 0 Å². The van der Waals surface area contributed by atoms with Gasteiger partial charge in [-0.3, -0.25) is 0 Å². The average molecular weight is 753 g/mol. The summed E-state index contributed by atoms with van der Waals surface area (Å²) in [7, 11) is 0. The van der Waals surface area contributed by atoms with E-state index in [4.69, 9.17) is 4.42 Å². The Kier molecular flexibility index (Phi) is 7.54. The maximum Gasteiger partial charge on any atom is 0.143 e. The smallest absolute Gasteiger partial charge is 0.143 e. The number of aromatic nitrogens is 1. The molecule has 3 heteroatoms. The quantitative estimate of drug-likeness (QED) is 0.169. The van der Waals surface area contributed by atoms with E-state index >= 15 is 0 Å². The van der Waals surface area contributed by atoms with Crippen LogP contribution in [0.25, 0.3) is 93.2 Å². The van der Waals surface area contributed by atoms with Gasteiger partial charge in [-0.15, -0.1) is 0 Å². The molecule has 0 aliphatic heterocycles. The van der Waals surface area contributed by atoms with Crippen molar-refractivity contribution >= 4 is 82.4 Å². The third-order valence-corrected chi connectivity index (χ3v) is 12.0. The summed E-state index contributed by atoms with van der Waals surface area (Å²) in [6, 6.07) is 78.8. The highest BCUT2D eigenvalue weighted by Gasteiger charge is 2.20. The number of hydrogen-bond acceptors (Lipinski definition) is 2. The Balaban J connectivity index is 1.01. The molecule has 0 bridgehead atoms. The first-order valence-electron chi connectivity index (χ1n) is 20.2. The largest absolute Gasteiger partial charge is 0.455 e. The van der Waals surface area contributed by atoms with E-state index in [2.05, 4.69) is 228 Å². The first kappa shape index (κ1) is 33.3. The molecule has 12 rings (SSSR count). The van der Waals surface area contributed by atoms with Crippen LogP contribution in [0.4, 0.5) is 17.1 Å². The van der Waals surface area contributed by atoms with Gasteiger partial charge in [0.25, 0.3) is 0 Å². The number of nitrogens with zero attached hydrogens (tertiary/aromatic N) is 2. The summed E-state index contributed by atoms with van der Waals surface area (Å²) in [6.07, 6.45) is 0. The Morgan fingerprint density at radius 2 is 1.00 bits per heavy atom. The lowest BCUT2D eigenvalue weighted by Crippen LogP contribution is -2.11. The molecule has 0 amide bonds. The highest BCUT2D eigenvalue weighted by Crippen LogP contribution is 2.44. The number of anilines is 3. The van der Waals surface area contributed by atoms with Crippen molar-refractivity contribution in [3.05, 3.63) is 218 Å². The second kappa shape index (κ2) is 13.4. The van der Waals surface area contributed by atoms with E-state index < -0.39 is 0 Å². The van der Waals surface area contributed by atoms with Gasteiger partial charge in [0.1, 0.15) is 11.2 Å². The van der Waals surface area contributed by atoms with Crippen LogP contribution in [0.15, 0.2) is 223 Å². The first-order valence-corrected chi connectivity index (χ1v) is 20.2. The fraction of sp³-hybridized carbons (Fsp3) is 0. The normalized spacial score (nSPS) is 11.7. The van der Waals surface area contributed by atoms with Crippen molar-refractivity contribution in [2.24, 2.45) is 0 Å². The zero-order chi connectivity index (χ0) is 38.9. The van der Waals surface area contributed by atoms with Crippen LogP contribution >= 0.6 is 0 Å². The molecule has 0 unspecified atom stereocenters. The molecule has 276 valence electrons. The lowest BCUT2D eigenvalue weighted by molar-refractivity contribution is 0.672. The fourth-order valence-corrected chi connectivity index (χ4v) is 9.16. The molecular formula is C56H36N2O. The van der Waals surface area contributed by atoms with E-state index in [0.29, 0.717) is 0 Å². The van der Waals surface area contributed by atoms with Gasteiger partial charge in [0.15, 0.2) is 0 Å². The zero-order valence-electron chi connectivity index (χ0n) is 32.1. The van der Waals surface area contributed by atoms with Crippen LogP contribution < -0.4 is 4.90 Å².